The van der Waals surface area contributed by atoms with Crippen molar-refractivity contribution in [3.63, 3.8) is 0 Å². The fourth-order valence-corrected chi connectivity index (χ4v) is 3.08. The minimum absolute atomic E-state index is 0.0775. The third-order valence-electron chi connectivity index (χ3n) is 4.18. The minimum Gasteiger partial charge on any atom is -0.481 e. The third-order valence-corrected chi connectivity index (χ3v) is 4.18. The van der Waals surface area contributed by atoms with Crippen LogP contribution in [0.4, 0.5) is 8.78 Å². The van der Waals surface area contributed by atoms with Crippen LogP contribution in [0.15, 0.2) is 0 Å². The standard InChI is InChI=1S/C12H18F2O3/c13-12(14)8-17-6-5-11(12,10(15)16)7-9-3-1-2-4-9/h9H,1-8H2,(H,15,16). The van der Waals surface area contributed by atoms with Gasteiger partial charge in [-0.1, -0.05) is 25.7 Å². The van der Waals surface area contributed by atoms with Gasteiger partial charge in [0, 0.05) is 6.61 Å². The van der Waals surface area contributed by atoms with E-state index in [4.69, 9.17) is 4.74 Å². The van der Waals surface area contributed by atoms with Crippen LogP contribution in [-0.2, 0) is 9.53 Å². The normalized spacial score (nSPS) is 33.8. The van der Waals surface area contributed by atoms with E-state index in [-0.39, 0.29) is 25.4 Å². The fraction of sp³-hybridized carbons (Fsp3) is 0.917. The number of halogens is 2. The van der Waals surface area contributed by atoms with E-state index in [1.807, 2.05) is 0 Å². The summed E-state index contributed by atoms with van der Waals surface area (Å²) < 4.78 is 32.6. The zero-order chi connectivity index (χ0) is 12.5. The first-order valence-corrected chi connectivity index (χ1v) is 6.17. The molecule has 0 amide bonds. The van der Waals surface area contributed by atoms with E-state index in [9.17, 15) is 18.7 Å². The SMILES string of the molecule is O=C(O)C1(CC2CCCC2)CCOCC1(F)F. The van der Waals surface area contributed by atoms with Crippen molar-refractivity contribution in [1.82, 2.24) is 0 Å². The van der Waals surface area contributed by atoms with Gasteiger partial charge in [0.25, 0.3) is 5.92 Å². The Morgan fingerprint density at radius 2 is 2.00 bits per heavy atom. The summed E-state index contributed by atoms with van der Waals surface area (Å²) in [7, 11) is 0. The van der Waals surface area contributed by atoms with Crippen molar-refractivity contribution in [2.45, 2.75) is 44.4 Å². The number of aliphatic carboxylic acids is 1. The summed E-state index contributed by atoms with van der Waals surface area (Å²) >= 11 is 0. The maximum Gasteiger partial charge on any atom is 0.315 e. The number of alkyl halides is 2. The summed E-state index contributed by atoms with van der Waals surface area (Å²) in [4.78, 5) is 11.3. The number of carbonyl (C=O) groups is 1. The smallest absolute Gasteiger partial charge is 0.315 e. The van der Waals surface area contributed by atoms with E-state index in [1.165, 1.54) is 0 Å². The van der Waals surface area contributed by atoms with Gasteiger partial charge in [-0.05, 0) is 18.8 Å². The Hall–Kier alpha value is -0.710. The first-order chi connectivity index (χ1) is 7.98. The van der Waals surface area contributed by atoms with Crippen LogP contribution >= 0.6 is 0 Å². The van der Waals surface area contributed by atoms with Gasteiger partial charge in [-0.25, -0.2) is 8.78 Å². The number of hydrogen-bond acceptors (Lipinski definition) is 2. The lowest BCUT2D eigenvalue weighted by atomic mass is 9.70. The Morgan fingerprint density at radius 1 is 1.35 bits per heavy atom. The van der Waals surface area contributed by atoms with E-state index in [0.717, 1.165) is 25.7 Å². The highest BCUT2D eigenvalue weighted by molar-refractivity contribution is 5.76. The Kier molecular flexibility index (Phi) is 3.39. The number of carboxylic acid groups (broad SMARTS) is 1. The highest BCUT2D eigenvalue weighted by atomic mass is 19.3. The second-order valence-corrected chi connectivity index (χ2v) is 5.25. The summed E-state index contributed by atoms with van der Waals surface area (Å²) in [6, 6.07) is 0. The molecule has 5 heteroatoms. The van der Waals surface area contributed by atoms with E-state index < -0.39 is 23.9 Å². The molecule has 1 atom stereocenters. The van der Waals surface area contributed by atoms with Crippen LogP contribution in [-0.4, -0.2) is 30.2 Å². The minimum atomic E-state index is -3.25. The molecule has 1 unspecified atom stereocenters. The van der Waals surface area contributed by atoms with Crippen LogP contribution in [0, 0.1) is 11.3 Å². The van der Waals surface area contributed by atoms with Gasteiger partial charge in [0.15, 0.2) is 0 Å². The van der Waals surface area contributed by atoms with Crippen LogP contribution in [0.3, 0.4) is 0 Å². The average Bonchev–Trinajstić information content (AvgIpc) is 2.73. The first kappa shape index (κ1) is 12.7. The molecule has 2 rings (SSSR count). The van der Waals surface area contributed by atoms with Crippen molar-refractivity contribution in [3.05, 3.63) is 0 Å². The predicted octanol–water partition coefficient (Wildman–Crippen LogP) is 2.69. The largest absolute Gasteiger partial charge is 0.481 e. The average molecular weight is 248 g/mol. The lowest BCUT2D eigenvalue weighted by molar-refractivity contribution is -0.223. The van der Waals surface area contributed by atoms with Gasteiger partial charge >= 0.3 is 5.97 Å². The number of rotatable bonds is 3. The van der Waals surface area contributed by atoms with Crippen molar-refractivity contribution < 1.29 is 23.4 Å². The van der Waals surface area contributed by atoms with Gasteiger partial charge in [0.1, 0.15) is 12.0 Å². The maximum atomic E-state index is 13.9. The molecule has 0 aromatic carbocycles. The number of carboxylic acids is 1. The van der Waals surface area contributed by atoms with Gasteiger partial charge in [-0.3, -0.25) is 4.79 Å². The molecule has 0 radical (unpaired) electrons. The van der Waals surface area contributed by atoms with Crippen LogP contribution in [0.2, 0.25) is 0 Å². The van der Waals surface area contributed by atoms with Crippen molar-refractivity contribution in [2.75, 3.05) is 13.2 Å². The molecule has 0 bridgehead atoms. The van der Waals surface area contributed by atoms with E-state index >= 15 is 0 Å². The summed E-state index contributed by atoms with van der Waals surface area (Å²) in [6.45, 7) is -0.638. The lowest BCUT2D eigenvalue weighted by Crippen LogP contribution is -2.54. The molecule has 3 nitrogen and oxygen atoms in total. The van der Waals surface area contributed by atoms with Crippen molar-refractivity contribution >= 4 is 5.97 Å². The molecule has 0 aromatic heterocycles. The van der Waals surface area contributed by atoms with Crippen LogP contribution in [0.1, 0.15) is 38.5 Å². The van der Waals surface area contributed by atoms with E-state index in [0.29, 0.717) is 0 Å². The molecule has 1 N–H and O–H groups in total. The molecule has 1 aliphatic heterocycles. The quantitative estimate of drug-likeness (QED) is 0.835. The molecule has 2 aliphatic rings. The van der Waals surface area contributed by atoms with Gasteiger partial charge in [-0.15, -0.1) is 0 Å². The molecule has 2 fully saturated rings. The summed E-state index contributed by atoms with van der Waals surface area (Å²) in [5, 5.41) is 9.25. The zero-order valence-corrected chi connectivity index (χ0v) is 9.75. The number of ether oxygens (including phenoxy) is 1. The molecule has 0 aromatic rings. The summed E-state index contributed by atoms with van der Waals surface area (Å²) in [6.07, 6.45) is 3.84. The van der Waals surface area contributed by atoms with Crippen molar-refractivity contribution in [2.24, 2.45) is 11.3 Å². The van der Waals surface area contributed by atoms with Crippen LogP contribution < -0.4 is 0 Å². The van der Waals surface area contributed by atoms with Crippen molar-refractivity contribution in [3.8, 4) is 0 Å². The zero-order valence-electron chi connectivity index (χ0n) is 9.75. The molecular weight excluding hydrogens is 230 g/mol. The third kappa shape index (κ3) is 2.17. The molecule has 1 saturated carbocycles. The Labute approximate surface area is 99.1 Å². The maximum absolute atomic E-state index is 13.9. The van der Waals surface area contributed by atoms with Crippen LogP contribution in [0.25, 0.3) is 0 Å². The van der Waals surface area contributed by atoms with Crippen LogP contribution in [0.5, 0.6) is 0 Å². The van der Waals surface area contributed by atoms with Crippen molar-refractivity contribution in [1.29, 1.82) is 0 Å². The second kappa shape index (κ2) is 4.52. The fourth-order valence-electron chi connectivity index (χ4n) is 3.08. The molecule has 98 valence electrons. The molecule has 0 spiro atoms. The Bertz CT molecular complexity index is 300. The lowest BCUT2D eigenvalue weighted by Gasteiger charge is -2.41. The summed E-state index contributed by atoms with van der Waals surface area (Å²) in [5.74, 6) is -4.48. The molecule has 1 heterocycles. The molecule has 1 aliphatic carbocycles. The molecular formula is C12H18F2O3. The highest BCUT2D eigenvalue weighted by Crippen LogP contribution is 2.50. The van der Waals surface area contributed by atoms with E-state index in [1.54, 1.807) is 0 Å². The van der Waals surface area contributed by atoms with Gasteiger partial charge < -0.3 is 9.84 Å². The summed E-state index contributed by atoms with van der Waals surface area (Å²) in [5.41, 5.74) is -1.90. The monoisotopic (exact) mass is 248 g/mol. The first-order valence-electron chi connectivity index (χ1n) is 6.17. The molecule has 17 heavy (non-hydrogen) atoms. The second-order valence-electron chi connectivity index (χ2n) is 5.25. The van der Waals surface area contributed by atoms with Gasteiger partial charge in [0.05, 0.1) is 0 Å². The number of hydrogen-bond donors (Lipinski definition) is 1. The van der Waals surface area contributed by atoms with Gasteiger partial charge in [0.2, 0.25) is 0 Å². The predicted molar refractivity (Wildman–Crippen MR) is 57.0 cm³/mol. The Balaban J connectivity index is 2.20. The highest BCUT2D eigenvalue weighted by Gasteiger charge is 2.61. The Morgan fingerprint density at radius 3 is 2.53 bits per heavy atom. The molecule has 1 saturated heterocycles. The van der Waals surface area contributed by atoms with E-state index in [2.05, 4.69) is 0 Å². The topological polar surface area (TPSA) is 46.5 Å². The van der Waals surface area contributed by atoms with Gasteiger partial charge in [-0.2, -0.15) is 0 Å².